The Morgan fingerprint density at radius 1 is 1.07 bits per heavy atom. The maximum Gasteiger partial charge on any atom is 0.373 e. The van der Waals surface area contributed by atoms with Crippen LogP contribution in [0.1, 0.15) is 21.2 Å². The van der Waals surface area contributed by atoms with E-state index < -0.39 is 11.9 Å². The Kier molecular flexibility index (Phi) is 6.06. The third-order valence-electron chi connectivity index (χ3n) is 4.20. The SMILES string of the molecule is COC(=O)c1ccc(COC(=O)Cc2sc(-c3ccccc3)nc2-c2cccs2)o1. The van der Waals surface area contributed by atoms with Crippen LogP contribution in [0.15, 0.2) is 64.4 Å². The minimum absolute atomic E-state index is 0.0610. The first-order chi connectivity index (χ1) is 14.6. The van der Waals surface area contributed by atoms with Gasteiger partial charge in [-0.1, -0.05) is 36.4 Å². The van der Waals surface area contributed by atoms with E-state index in [9.17, 15) is 9.59 Å². The Hall–Kier alpha value is -3.23. The van der Waals surface area contributed by atoms with Crippen LogP contribution in [0.4, 0.5) is 0 Å². The number of ether oxygens (including phenoxy) is 2. The number of benzene rings is 1. The minimum atomic E-state index is -0.578. The number of carbonyl (C=O) groups is 2. The zero-order chi connectivity index (χ0) is 20.9. The van der Waals surface area contributed by atoms with E-state index in [0.717, 1.165) is 26.0 Å². The molecule has 0 aliphatic carbocycles. The van der Waals surface area contributed by atoms with Crippen molar-refractivity contribution in [2.45, 2.75) is 13.0 Å². The minimum Gasteiger partial charge on any atom is -0.463 e. The van der Waals surface area contributed by atoms with E-state index in [-0.39, 0.29) is 18.8 Å². The molecule has 0 fully saturated rings. The van der Waals surface area contributed by atoms with Gasteiger partial charge in [0.2, 0.25) is 5.76 Å². The van der Waals surface area contributed by atoms with E-state index in [4.69, 9.17) is 14.1 Å². The Morgan fingerprint density at radius 2 is 1.90 bits per heavy atom. The van der Waals surface area contributed by atoms with Crippen molar-refractivity contribution in [2.75, 3.05) is 7.11 Å². The third-order valence-corrected chi connectivity index (χ3v) is 6.18. The number of hydrogen-bond donors (Lipinski definition) is 0. The maximum absolute atomic E-state index is 12.5. The number of aromatic nitrogens is 1. The van der Waals surface area contributed by atoms with Crippen molar-refractivity contribution in [3.8, 4) is 21.1 Å². The quantitative estimate of drug-likeness (QED) is 0.368. The second-order valence-electron chi connectivity index (χ2n) is 6.23. The summed E-state index contributed by atoms with van der Waals surface area (Å²) < 4.78 is 15.3. The standard InChI is InChI=1S/C22H17NO5S2/c1-26-22(25)16-10-9-15(28-16)13-27-19(24)12-18-20(17-8-5-11-29-17)23-21(30-18)14-6-3-2-4-7-14/h2-11H,12-13H2,1H3. The van der Waals surface area contributed by atoms with Gasteiger partial charge in [-0.05, 0) is 23.6 Å². The lowest BCUT2D eigenvalue weighted by Crippen LogP contribution is -2.07. The van der Waals surface area contributed by atoms with E-state index in [0.29, 0.717) is 5.76 Å². The molecule has 0 aliphatic heterocycles. The summed E-state index contributed by atoms with van der Waals surface area (Å²) in [7, 11) is 1.27. The molecule has 8 heteroatoms. The molecule has 0 atom stereocenters. The summed E-state index contributed by atoms with van der Waals surface area (Å²) >= 11 is 3.06. The second-order valence-corrected chi connectivity index (χ2v) is 8.26. The van der Waals surface area contributed by atoms with Gasteiger partial charge in [0.05, 0.1) is 24.1 Å². The van der Waals surface area contributed by atoms with Gasteiger partial charge in [0, 0.05) is 10.4 Å². The highest BCUT2D eigenvalue weighted by molar-refractivity contribution is 7.17. The molecule has 0 aliphatic rings. The molecule has 4 aromatic rings. The second kappa shape index (κ2) is 9.06. The van der Waals surface area contributed by atoms with Gasteiger partial charge in [0.1, 0.15) is 17.4 Å². The first-order valence-electron chi connectivity index (χ1n) is 9.05. The van der Waals surface area contributed by atoms with E-state index in [1.54, 1.807) is 17.4 Å². The number of thiophene rings is 1. The molecule has 6 nitrogen and oxygen atoms in total. The highest BCUT2D eigenvalue weighted by Gasteiger charge is 2.19. The number of rotatable bonds is 7. The van der Waals surface area contributed by atoms with Crippen LogP contribution in [0, 0.1) is 0 Å². The molecule has 0 unspecified atom stereocenters. The van der Waals surface area contributed by atoms with Crippen LogP contribution < -0.4 is 0 Å². The molecule has 0 saturated heterocycles. The molecule has 3 aromatic heterocycles. The lowest BCUT2D eigenvalue weighted by Gasteiger charge is -2.03. The van der Waals surface area contributed by atoms with Crippen molar-refractivity contribution < 1.29 is 23.5 Å². The van der Waals surface area contributed by atoms with Gasteiger partial charge in [-0.15, -0.1) is 22.7 Å². The first kappa shape index (κ1) is 20.1. The van der Waals surface area contributed by atoms with Gasteiger partial charge in [-0.3, -0.25) is 4.79 Å². The van der Waals surface area contributed by atoms with Crippen molar-refractivity contribution >= 4 is 34.6 Å². The average Bonchev–Trinajstić information content (AvgIpc) is 3.52. The van der Waals surface area contributed by atoms with Gasteiger partial charge < -0.3 is 13.9 Å². The lowest BCUT2D eigenvalue weighted by molar-refractivity contribution is -0.144. The highest BCUT2D eigenvalue weighted by atomic mass is 32.1. The van der Waals surface area contributed by atoms with Gasteiger partial charge in [-0.2, -0.15) is 0 Å². The molecule has 0 bridgehead atoms. The molecule has 30 heavy (non-hydrogen) atoms. The molecule has 0 amide bonds. The van der Waals surface area contributed by atoms with Crippen LogP contribution in [0.3, 0.4) is 0 Å². The first-order valence-corrected chi connectivity index (χ1v) is 10.8. The van der Waals surface area contributed by atoms with E-state index in [1.807, 2.05) is 47.8 Å². The van der Waals surface area contributed by atoms with E-state index in [2.05, 4.69) is 4.74 Å². The molecule has 4 rings (SSSR count). The highest BCUT2D eigenvalue weighted by Crippen LogP contribution is 2.36. The fraction of sp³-hybridized carbons (Fsp3) is 0.136. The molecule has 0 radical (unpaired) electrons. The van der Waals surface area contributed by atoms with Crippen molar-refractivity contribution in [1.82, 2.24) is 4.98 Å². The molecule has 0 spiro atoms. The summed E-state index contributed by atoms with van der Waals surface area (Å²) in [5.74, 6) is -0.534. The topological polar surface area (TPSA) is 78.6 Å². The molecule has 0 saturated carbocycles. The number of methoxy groups -OCH3 is 1. The van der Waals surface area contributed by atoms with Crippen molar-refractivity contribution in [2.24, 2.45) is 0 Å². The van der Waals surface area contributed by atoms with Crippen LogP contribution >= 0.6 is 22.7 Å². The van der Waals surface area contributed by atoms with Gasteiger partial charge in [0.25, 0.3) is 0 Å². The smallest absolute Gasteiger partial charge is 0.373 e. The van der Waals surface area contributed by atoms with Gasteiger partial charge in [0.15, 0.2) is 0 Å². The summed E-state index contributed by atoms with van der Waals surface area (Å²) in [6, 6.07) is 16.9. The number of furan rings is 1. The molecular weight excluding hydrogens is 422 g/mol. The largest absolute Gasteiger partial charge is 0.463 e. The van der Waals surface area contributed by atoms with Crippen LogP contribution in [-0.4, -0.2) is 24.0 Å². The van der Waals surface area contributed by atoms with E-state index in [1.165, 1.54) is 24.5 Å². The maximum atomic E-state index is 12.5. The molecule has 152 valence electrons. The summed E-state index contributed by atoms with van der Waals surface area (Å²) in [4.78, 5) is 30.5. The summed E-state index contributed by atoms with van der Waals surface area (Å²) in [6.45, 7) is -0.0610. The fourth-order valence-electron chi connectivity index (χ4n) is 2.78. The molecule has 0 N–H and O–H groups in total. The predicted octanol–water partition coefficient (Wildman–Crippen LogP) is 5.20. The third kappa shape index (κ3) is 4.50. The summed E-state index contributed by atoms with van der Waals surface area (Å²) in [5, 5.41) is 2.84. The van der Waals surface area contributed by atoms with Crippen LogP contribution in [0.25, 0.3) is 21.1 Å². The van der Waals surface area contributed by atoms with Crippen molar-refractivity contribution in [1.29, 1.82) is 0 Å². The Morgan fingerprint density at radius 3 is 2.63 bits per heavy atom. The van der Waals surface area contributed by atoms with Crippen molar-refractivity contribution in [3.05, 3.63) is 76.4 Å². The number of hydrogen-bond acceptors (Lipinski definition) is 8. The van der Waals surface area contributed by atoms with E-state index >= 15 is 0 Å². The number of nitrogens with zero attached hydrogens (tertiary/aromatic N) is 1. The van der Waals surface area contributed by atoms with Crippen molar-refractivity contribution in [3.63, 3.8) is 0 Å². The van der Waals surface area contributed by atoms with Gasteiger partial charge in [-0.25, -0.2) is 9.78 Å². The zero-order valence-electron chi connectivity index (χ0n) is 16.0. The Bertz CT molecular complexity index is 1150. The predicted molar refractivity (Wildman–Crippen MR) is 114 cm³/mol. The summed E-state index contributed by atoms with van der Waals surface area (Å²) in [5.41, 5.74) is 1.81. The number of thiazole rings is 1. The number of esters is 2. The average molecular weight is 440 g/mol. The monoisotopic (exact) mass is 439 g/mol. The fourth-order valence-corrected chi connectivity index (χ4v) is 4.65. The zero-order valence-corrected chi connectivity index (χ0v) is 17.6. The van der Waals surface area contributed by atoms with Crippen LogP contribution in [0.2, 0.25) is 0 Å². The normalized spacial score (nSPS) is 10.7. The Balaban J connectivity index is 1.49. The van der Waals surface area contributed by atoms with Crippen LogP contribution in [0.5, 0.6) is 0 Å². The van der Waals surface area contributed by atoms with Crippen LogP contribution in [-0.2, 0) is 27.3 Å². The Labute approximate surface area is 180 Å². The van der Waals surface area contributed by atoms with Gasteiger partial charge >= 0.3 is 11.9 Å². The lowest BCUT2D eigenvalue weighted by atomic mass is 10.2. The molecule has 1 aromatic carbocycles. The molecule has 3 heterocycles. The molecular formula is C22H17NO5S2. The summed E-state index contributed by atoms with van der Waals surface area (Å²) in [6.07, 6.45) is 0.0995. The number of carbonyl (C=O) groups excluding carboxylic acids is 2.